The van der Waals surface area contributed by atoms with E-state index < -0.39 is 144 Å². The molecule has 7 nitrogen and oxygen atoms in total. The van der Waals surface area contributed by atoms with Gasteiger partial charge in [0.1, 0.15) is 11.4 Å². The van der Waals surface area contributed by atoms with Crippen LogP contribution in [-0.2, 0) is 31.5 Å². The van der Waals surface area contributed by atoms with E-state index in [1.807, 2.05) is 0 Å². The molecule has 2 heterocycles. The van der Waals surface area contributed by atoms with Crippen LogP contribution >= 0.6 is 23.2 Å². The van der Waals surface area contributed by atoms with Crippen molar-refractivity contribution in [2.45, 2.75) is 47.8 Å². The number of anilines is 2. The average Bonchev–Trinajstić information content (AvgIpc) is 3.45. The number of phenolic OH excluding ortho intramolecular Hbond substituents is 1. The maximum absolute atomic E-state index is 15.2. The summed E-state index contributed by atoms with van der Waals surface area (Å²) < 4.78 is 156. The summed E-state index contributed by atoms with van der Waals surface area (Å²) in [6, 6.07) is 3.97. The number of carbonyl (C=O) groups excluding carboxylic acids is 4. The second kappa shape index (κ2) is 12.1. The van der Waals surface area contributed by atoms with Crippen molar-refractivity contribution in [3.63, 3.8) is 0 Å². The van der Waals surface area contributed by atoms with E-state index in [1.54, 1.807) is 0 Å². The zero-order valence-corrected chi connectivity index (χ0v) is 28.7. The molecule has 2 aliphatic carbocycles. The van der Waals surface area contributed by atoms with Gasteiger partial charge < -0.3 is 5.11 Å². The van der Waals surface area contributed by atoms with Crippen molar-refractivity contribution in [1.82, 2.24) is 0 Å². The molecule has 2 aliphatic heterocycles. The van der Waals surface area contributed by atoms with Gasteiger partial charge in [-0.1, -0.05) is 29.8 Å². The Balaban J connectivity index is 1.42. The van der Waals surface area contributed by atoms with Gasteiger partial charge in [0.05, 0.1) is 28.7 Å². The molecule has 1 saturated carbocycles. The first kappa shape index (κ1) is 38.6. The van der Waals surface area contributed by atoms with Crippen LogP contribution in [0.1, 0.15) is 41.0 Å². The molecule has 0 aromatic heterocycles. The lowest BCUT2D eigenvalue weighted by molar-refractivity contribution is -0.143. The summed E-state index contributed by atoms with van der Waals surface area (Å²) in [5, 5.41) is 11.2. The lowest BCUT2D eigenvalue weighted by Gasteiger charge is -2.50. The highest BCUT2D eigenvalue weighted by Gasteiger charge is 2.77. The van der Waals surface area contributed by atoms with Gasteiger partial charge in [0.2, 0.25) is 17.6 Å². The Morgan fingerprint density at radius 1 is 0.745 bits per heavy atom. The Labute approximate surface area is 310 Å². The van der Waals surface area contributed by atoms with Crippen LogP contribution in [0.15, 0.2) is 48.0 Å². The van der Waals surface area contributed by atoms with Crippen LogP contribution in [0.25, 0.3) is 0 Å². The van der Waals surface area contributed by atoms with Gasteiger partial charge in [-0.15, -0.1) is 23.2 Å². The molecule has 1 N–H and O–H groups in total. The van der Waals surface area contributed by atoms with E-state index in [9.17, 15) is 63.8 Å². The lowest BCUT2D eigenvalue weighted by Crippen LogP contribution is -2.60. The van der Waals surface area contributed by atoms with Gasteiger partial charge in [0.25, 0.3) is 11.8 Å². The molecule has 6 atom stereocenters. The van der Waals surface area contributed by atoms with Crippen molar-refractivity contribution in [2.24, 2.45) is 17.8 Å². The first-order chi connectivity index (χ1) is 25.4. The third-order valence-electron chi connectivity index (χ3n) is 10.6. The van der Waals surface area contributed by atoms with Crippen LogP contribution < -0.4 is 9.80 Å². The standard InChI is InChI=1S/C35H19Cl2F11N2O5/c1-11-3-2-4-17(27(11)51)20-15-5-6-16-19(29(53)49(28(16)52)14-8-12(34(43,44)45)7-13(9-14)35(46,47)48)18(15)10-32(36)30(54)50(31(55)33(20,32)37)26-24(41)22(39)21(38)23(40)25(26)42/h2-5,7-9,16,18-20,51H,6,10H2,1H3. The normalized spacial score (nSPS) is 28.1. The van der Waals surface area contributed by atoms with E-state index in [2.05, 4.69) is 0 Å². The van der Waals surface area contributed by atoms with E-state index in [0.717, 1.165) is 0 Å². The van der Waals surface area contributed by atoms with Crippen molar-refractivity contribution in [3.05, 3.63) is 99.4 Å². The minimum atomic E-state index is -5.37. The molecular weight excluding hydrogens is 808 g/mol. The van der Waals surface area contributed by atoms with Gasteiger partial charge in [0, 0.05) is 11.5 Å². The van der Waals surface area contributed by atoms with E-state index in [-0.39, 0.29) is 39.8 Å². The van der Waals surface area contributed by atoms with Crippen LogP contribution in [0.4, 0.5) is 59.7 Å². The van der Waals surface area contributed by atoms with Crippen LogP contribution in [-0.4, -0.2) is 38.5 Å². The monoisotopic (exact) mass is 826 g/mol. The SMILES string of the molecule is Cc1cccc(C2C3=CCC4C(=O)N(c5cc(C(F)(F)F)cc(C(F)(F)F)c5)C(=O)C4C3CC3(Cl)C(=O)N(c4c(F)c(F)c(F)c(F)c4F)C(=O)C23Cl)c1O. The summed E-state index contributed by atoms with van der Waals surface area (Å²) in [7, 11) is 0. The number of nitrogens with zero attached hydrogens (tertiary/aromatic N) is 2. The molecular formula is C35H19Cl2F11N2O5. The van der Waals surface area contributed by atoms with Crippen molar-refractivity contribution in [3.8, 4) is 5.75 Å². The topological polar surface area (TPSA) is 95.0 Å². The molecule has 0 bridgehead atoms. The summed E-state index contributed by atoms with van der Waals surface area (Å²) >= 11 is 14.0. The Hall–Kier alpha value is -4.71. The number of fused-ring (bicyclic) bond motifs is 4. The number of rotatable bonds is 3. The van der Waals surface area contributed by atoms with E-state index >= 15 is 8.78 Å². The molecule has 3 aromatic carbocycles. The number of aromatic hydroxyl groups is 1. The molecule has 0 radical (unpaired) electrons. The number of aryl methyl sites for hydroxylation is 1. The fourth-order valence-corrected chi connectivity index (χ4v) is 9.08. The highest BCUT2D eigenvalue weighted by atomic mass is 35.5. The fourth-order valence-electron chi connectivity index (χ4n) is 8.15. The van der Waals surface area contributed by atoms with E-state index in [0.29, 0.717) is 0 Å². The van der Waals surface area contributed by atoms with Crippen molar-refractivity contribution < 1.29 is 72.6 Å². The number of alkyl halides is 8. The highest BCUT2D eigenvalue weighted by Crippen LogP contribution is 2.67. The van der Waals surface area contributed by atoms with Crippen molar-refractivity contribution in [1.29, 1.82) is 0 Å². The number of phenols is 1. The summed E-state index contributed by atoms with van der Waals surface area (Å²) in [4.78, 5) is 50.3. The number of hydrogen-bond acceptors (Lipinski definition) is 5. The quantitative estimate of drug-likeness (QED) is 0.0718. The third kappa shape index (κ3) is 5.15. The lowest BCUT2D eigenvalue weighted by atomic mass is 9.56. The predicted molar refractivity (Wildman–Crippen MR) is 168 cm³/mol. The Morgan fingerprint density at radius 3 is 1.84 bits per heavy atom. The number of carbonyl (C=O) groups is 4. The largest absolute Gasteiger partial charge is 0.507 e. The molecule has 20 heteroatoms. The number of hydrogen-bond donors (Lipinski definition) is 1. The van der Waals surface area contributed by atoms with Crippen LogP contribution in [0.2, 0.25) is 0 Å². The third-order valence-corrected chi connectivity index (χ3v) is 12.0. The van der Waals surface area contributed by atoms with Gasteiger partial charge in [-0.25, -0.2) is 31.8 Å². The van der Waals surface area contributed by atoms with Gasteiger partial charge in [0.15, 0.2) is 33.0 Å². The average molecular weight is 827 g/mol. The molecule has 2 saturated heterocycles. The van der Waals surface area contributed by atoms with E-state index in [1.165, 1.54) is 31.2 Å². The molecule has 3 fully saturated rings. The first-order valence-electron chi connectivity index (χ1n) is 15.8. The molecule has 3 aromatic rings. The highest BCUT2D eigenvalue weighted by molar-refractivity contribution is 6.58. The van der Waals surface area contributed by atoms with Crippen LogP contribution in [0.3, 0.4) is 0 Å². The van der Waals surface area contributed by atoms with Gasteiger partial charge in [-0.05, 0) is 49.4 Å². The smallest absolute Gasteiger partial charge is 0.416 e. The Morgan fingerprint density at radius 2 is 1.29 bits per heavy atom. The summed E-state index contributed by atoms with van der Waals surface area (Å²) in [5.41, 5.74) is -7.15. The molecule has 7 rings (SSSR count). The second-order valence-electron chi connectivity index (χ2n) is 13.5. The first-order valence-corrected chi connectivity index (χ1v) is 16.6. The minimum absolute atomic E-state index is 0.113. The summed E-state index contributed by atoms with van der Waals surface area (Å²) in [6.45, 7) is 1.38. The molecule has 0 spiro atoms. The molecule has 55 heavy (non-hydrogen) atoms. The van der Waals surface area contributed by atoms with Gasteiger partial charge in [-0.2, -0.15) is 26.3 Å². The van der Waals surface area contributed by atoms with Gasteiger partial charge >= 0.3 is 12.4 Å². The molecule has 6 unspecified atom stereocenters. The maximum Gasteiger partial charge on any atom is 0.416 e. The van der Waals surface area contributed by atoms with E-state index in [4.69, 9.17) is 23.2 Å². The number of halogens is 13. The molecule has 290 valence electrons. The zero-order valence-electron chi connectivity index (χ0n) is 27.2. The maximum atomic E-state index is 15.2. The zero-order chi connectivity index (χ0) is 40.6. The molecule has 4 aliphatic rings. The summed E-state index contributed by atoms with van der Waals surface area (Å²) in [6.07, 6.45) is -11.0. The Bertz CT molecular complexity index is 2250. The fraction of sp³-hybridized carbons (Fsp3) is 0.314. The van der Waals surface area contributed by atoms with Crippen molar-refractivity contribution in [2.75, 3.05) is 9.80 Å². The van der Waals surface area contributed by atoms with Crippen molar-refractivity contribution >= 4 is 58.2 Å². The molecule has 4 amide bonds. The minimum Gasteiger partial charge on any atom is -0.507 e. The number of imide groups is 2. The number of amides is 4. The second-order valence-corrected chi connectivity index (χ2v) is 14.7. The predicted octanol–water partition coefficient (Wildman–Crippen LogP) is 8.20. The number of benzene rings is 3. The number of allylic oxidation sites excluding steroid dienone is 2. The van der Waals surface area contributed by atoms with Crippen LogP contribution in [0.5, 0.6) is 5.75 Å². The summed E-state index contributed by atoms with van der Waals surface area (Å²) in [5.74, 6) is -26.6. The Kier molecular flexibility index (Phi) is 8.51. The number of para-hydroxylation sites is 1. The van der Waals surface area contributed by atoms with Crippen LogP contribution in [0, 0.1) is 53.8 Å². The van der Waals surface area contributed by atoms with Gasteiger partial charge in [-0.3, -0.25) is 19.2 Å².